The van der Waals surface area contributed by atoms with Crippen LogP contribution in [-0.2, 0) is 0 Å². The molecule has 184 valence electrons. The number of fused-ring (bicyclic) bond motifs is 2. The standard InChI is InChI=1S/C37H23FO/c1-39-29-20-25-12-10-23-18-27(19-24-11-13-26(21-29)35(25)34(23)24)37-32-8-4-2-6-30(32)36(22-14-16-28(38)17-15-22)31-7-3-5-9-33(31)37/h2-21H,1H3. The van der Waals surface area contributed by atoms with Crippen molar-refractivity contribution in [3.63, 3.8) is 0 Å². The molecule has 0 aliphatic heterocycles. The van der Waals surface area contributed by atoms with Crippen LogP contribution in [0.25, 0.3) is 76.1 Å². The number of hydrogen-bond donors (Lipinski definition) is 0. The maximum Gasteiger partial charge on any atom is 0.123 e. The maximum atomic E-state index is 13.8. The second kappa shape index (κ2) is 8.28. The normalized spacial score (nSPS) is 11.8. The fourth-order valence-corrected chi connectivity index (χ4v) is 6.44. The van der Waals surface area contributed by atoms with E-state index in [-0.39, 0.29) is 5.82 Å². The monoisotopic (exact) mass is 502 g/mol. The topological polar surface area (TPSA) is 9.23 Å². The number of methoxy groups -OCH3 is 1. The van der Waals surface area contributed by atoms with Crippen LogP contribution in [0.4, 0.5) is 4.39 Å². The molecular formula is C37H23FO. The summed E-state index contributed by atoms with van der Waals surface area (Å²) in [5.74, 6) is 0.650. The highest BCUT2D eigenvalue weighted by Crippen LogP contribution is 2.46. The van der Waals surface area contributed by atoms with E-state index in [1.54, 1.807) is 19.2 Å². The van der Waals surface area contributed by atoms with Gasteiger partial charge in [0.05, 0.1) is 7.11 Å². The van der Waals surface area contributed by atoms with Crippen molar-refractivity contribution in [3.8, 4) is 28.0 Å². The Morgan fingerprint density at radius 3 is 1.31 bits per heavy atom. The minimum Gasteiger partial charge on any atom is -0.497 e. The molecule has 8 rings (SSSR count). The van der Waals surface area contributed by atoms with Crippen LogP contribution < -0.4 is 4.74 Å². The van der Waals surface area contributed by atoms with Crippen LogP contribution in [0.3, 0.4) is 0 Å². The predicted molar refractivity (Wildman–Crippen MR) is 163 cm³/mol. The van der Waals surface area contributed by atoms with Crippen molar-refractivity contribution in [2.75, 3.05) is 7.11 Å². The third kappa shape index (κ3) is 3.25. The van der Waals surface area contributed by atoms with E-state index in [1.807, 2.05) is 12.1 Å². The Hall–Kier alpha value is -4.95. The summed E-state index contributed by atoms with van der Waals surface area (Å²) in [6.07, 6.45) is 0. The van der Waals surface area contributed by atoms with Gasteiger partial charge in [-0.3, -0.25) is 0 Å². The van der Waals surface area contributed by atoms with Crippen LogP contribution in [-0.4, -0.2) is 7.11 Å². The zero-order valence-electron chi connectivity index (χ0n) is 21.3. The molecule has 0 N–H and O–H groups in total. The SMILES string of the molecule is COc1cc2ccc3cc(-c4c5ccccc5c(-c5ccc(F)cc5)c5ccccc45)cc4ccc(c1)c2c34. The van der Waals surface area contributed by atoms with Crippen LogP contribution in [0.1, 0.15) is 0 Å². The lowest BCUT2D eigenvalue weighted by atomic mass is 9.84. The smallest absolute Gasteiger partial charge is 0.123 e. The first-order valence-corrected chi connectivity index (χ1v) is 13.2. The van der Waals surface area contributed by atoms with Crippen molar-refractivity contribution in [2.45, 2.75) is 0 Å². The van der Waals surface area contributed by atoms with Gasteiger partial charge < -0.3 is 4.74 Å². The lowest BCUT2D eigenvalue weighted by Crippen LogP contribution is -1.92. The second-order valence-electron chi connectivity index (χ2n) is 10.2. The van der Waals surface area contributed by atoms with Crippen LogP contribution in [0, 0.1) is 5.82 Å². The predicted octanol–water partition coefficient (Wildman–Crippen LogP) is 10.4. The summed E-state index contributed by atoms with van der Waals surface area (Å²) in [6, 6.07) is 41.8. The van der Waals surface area contributed by atoms with E-state index in [0.29, 0.717) is 0 Å². The molecule has 0 spiro atoms. The molecule has 0 saturated heterocycles. The summed E-state index contributed by atoms with van der Waals surface area (Å²) < 4.78 is 19.4. The molecule has 0 aliphatic carbocycles. The lowest BCUT2D eigenvalue weighted by Gasteiger charge is -2.19. The average Bonchev–Trinajstić information content (AvgIpc) is 2.98. The lowest BCUT2D eigenvalue weighted by molar-refractivity contribution is 0.416. The maximum absolute atomic E-state index is 13.8. The summed E-state index contributed by atoms with van der Waals surface area (Å²) in [6.45, 7) is 0. The first-order chi connectivity index (χ1) is 19.2. The van der Waals surface area contributed by atoms with Crippen LogP contribution in [0.5, 0.6) is 5.75 Å². The number of rotatable bonds is 3. The van der Waals surface area contributed by atoms with Gasteiger partial charge in [0.25, 0.3) is 0 Å². The van der Waals surface area contributed by atoms with E-state index < -0.39 is 0 Å². The van der Waals surface area contributed by atoms with Gasteiger partial charge in [-0.15, -0.1) is 0 Å². The summed E-state index contributed by atoms with van der Waals surface area (Å²) in [7, 11) is 1.72. The van der Waals surface area contributed by atoms with Gasteiger partial charge in [0.2, 0.25) is 0 Å². The Morgan fingerprint density at radius 1 is 0.462 bits per heavy atom. The van der Waals surface area contributed by atoms with Gasteiger partial charge in [0.15, 0.2) is 0 Å². The van der Waals surface area contributed by atoms with E-state index >= 15 is 0 Å². The van der Waals surface area contributed by atoms with Crippen LogP contribution in [0.2, 0.25) is 0 Å². The van der Waals surface area contributed by atoms with Gasteiger partial charge in [0.1, 0.15) is 11.6 Å². The van der Waals surface area contributed by atoms with Gasteiger partial charge in [-0.2, -0.15) is 0 Å². The van der Waals surface area contributed by atoms with Crippen LogP contribution in [0.15, 0.2) is 121 Å². The molecule has 0 bridgehead atoms. The Labute approximate surface area is 225 Å². The third-order valence-corrected chi connectivity index (χ3v) is 8.10. The third-order valence-electron chi connectivity index (χ3n) is 8.10. The number of halogens is 1. The fourth-order valence-electron chi connectivity index (χ4n) is 6.44. The van der Waals surface area contributed by atoms with Crippen molar-refractivity contribution >= 4 is 53.9 Å². The van der Waals surface area contributed by atoms with Crippen molar-refractivity contribution in [1.29, 1.82) is 0 Å². The van der Waals surface area contributed by atoms with Crippen molar-refractivity contribution in [1.82, 2.24) is 0 Å². The van der Waals surface area contributed by atoms with Crippen LogP contribution >= 0.6 is 0 Å². The molecule has 39 heavy (non-hydrogen) atoms. The van der Waals surface area contributed by atoms with E-state index in [1.165, 1.54) is 54.2 Å². The molecule has 0 amide bonds. The number of hydrogen-bond acceptors (Lipinski definition) is 1. The fraction of sp³-hybridized carbons (Fsp3) is 0.0270. The highest BCUT2D eigenvalue weighted by molar-refractivity contribution is 6.26. The zero-order valence-corrected chi connectivity index (χ0v) is 21.3. The minimum atomic E-state index is -0.226. The van der Waals surface area contributed by atoms with Gasteiger partial charge in [-0.05, 0) is 113 Å². The molecular weight excluding hydrogens is 479 g/mol. The zero-order chi connectivity index (χ0) is 26.1. The minimum absolute atomic E-state index is 0.226. The molecule has 0 atom stereocenters. The van der Waals surface area contributed by atoms with Gasteiger partial charge >= 0.3 is 0 Å². The molecule has 0 fully saturated rings. The highest BCUT2D eigenvalue weighted by Gasteiger charge is 2.18. The summed E-state index contributed by atoms with van der Waals surface area (Å²) in [4.78, 5) is 0. The molecule has 8 aromatic carbocycles. The molecule has 0 heterocycles. The average molecular weight is 503 g/mol. The van der Waals surface area contributed by atoms with Gasteiger partial charge in [-0.25, -0.2) is 4.39 Å². The van der Waals surface area contributed by atoms with E-state index in [4.69, 9.17) is 4.74 Å². The first-order valence-electron chi connectivity index (χ1n) is 13.2. The molecule has 0 radical (unpaired) electrons. The Balaban J connectivity index is 1.48. The number of ether oxygens (including phenoxy) is 1. The van der Waals surface area contributed by atoms with E-state index in [2.05, 4.69) is 97.1 Å². The van der Waals surface area contributed by atoms with Crippen molar-refractivity contribution in [2.24, 2.45) is 0 Å². The molecule has 1 nitrogen and oxygen atoms in total. The quantitative estimate of drug-likeness (QED) is 0.172. The Kier molecular flexibility index (Phi) is 4.68. The number of benzene rings is 8. The Morgan fingerprint density at radius 2 is 0.872 bits per heavy atom. The van der Waals surface area contributed by atoms with Crippen molar-refractivity contribution < 1.29 is 9.13 Å². The van der Waals surface area contributed by atoms with E-state index in [9.17, 15) is 4.39 Å². The van der Waals surface area contributed by atoms with Gasteiger partial charge in [-0.1, -0.05) is 84.9 Å². The Bertz CT molecular complexity index is 2090. The summed E-state index contributed by atoms with van der Waals surface area (Å²) in [5.41, 5.74) is 4.56. The molecule has 0 unspecified atom stereocenters. The largest absolute Gasteiger partial charge is 0.497 e. The molecule has 0 saturated carbocycles. The van der Waals surface area contributed by atoms with Gasteiger partial charge in [0, 0.05) is 0 Å². The summed E-state index contributed by atoms with van der Waals surface area (Å²) >= 11 is 0. The molecule has 0 aromatic heterocycles. The second-order valence-corrected chi connectivity index (χ2v) is 10.2. The molecule has 8 aromatic rings. The molecule has 2 heteroatoms. The molecule has 0 aliphatic rings. The van der Waals surface area contributed by atoms with E-state index in [0.717, 1.165) is 27.6 Å². The van der Waals surface area contributed by atoms with Crippen molar-refractivity contribution in [3.05, 3.63) is 127 Å². The summed E-state index contributed by atoms with van der Waals surface area (Å²) in [5, 5.41) is 12.1. The first kappa shape index (κ1) is 22.1. The highest BCUT2D eigenvalue weighted by atomic mass is 19.1.